The van der Waals surface area contributed by atoms with Gasteiger partial charge in [-0.3, -0.25) is 9.36 Å². The van der Waals surface area contributed by atoms with Gasteiger partial charge in [-0.25, -0.2) is 4.98 Å². The molecule has 1 spiro atoms. The van der Waals surface area contributed by atoms with Crippen LogP contribution in [-0.2, 0) is 6.42 Å². The molecular weight excluding hydrogens is 446 g/mol. The highest BCUT2D eigenvalue weighted by Crippen LogP contribution is 2.51. The van der Waals surface area contributed by atoms with Gasteiger partial charge in [-0.15, -0.1) is 6.42 Å². The molecule has 1 fully saturated rings. The van der Waals surface area contributed by atoms with Crippen LogP contribution >= 0.6 is 11.6 Å². The normalized spacial score (nSPS) is 18.4. The van der Waals surface area contributed by atoms with Gasteiger partial charge in [-0.2, -0.15) is 5.26 Å². The summed E-state index contributed by atoms with van der Waals surface area (Å²) < 4.78 is 1.48. The summed E-state index contributed by atoms with van der Waals surface area (Å²) in [6, 6.07) is 14.6. The molecule has 2 aromatic carbocycles. The highest BCUT2D eigenvalue weighted by molar-refractivity contribution is 6.32. The molecule has 1 aliphatic carbocycles. The number of fused-ring (bicyclic) bond motifs is 1. The maximum Gasteiger partial charge on any atom is 0.260 e. The lowest BCUT2D eigenvalue weighted by Crippen LogP contribution is -2.45. The molecule has 1 aliphatic heterocycles. The number of benzene rings is 2. The van der Waals surface area contributed by atoms with E-state index in [1.165, 1.54) is 15.7 Å². The van der Waals surface area contributed by atoms with Gasteiger partial charge in [0.2, 0.25) is 0 Å². The molecule has 3 aromatic rings. The number of nitrogens with zero attached hydrogens (tertiary/aromatic N) is 4. The Morgan fingerprint density at radius 3 is 2.56 bits per heavy atom. The summed E-state index contributed by atoms with van der Waals surface area (Å²) in [5, 5.41) is 9.40. The lowest BCUT2D eigenvalue weighted by atomic mass is 9.73. The first-order valence-corrected chi connectivity index (χ1v) is 11.6. The molecule has 0 bridgehead atoms. The van der Waals surface area contributed by atoms with Gasteiger partial charge in [0.15, 0.2) is 0 Å². The molecule has 0 saturated carbocycles. The average molecular weight is 470 g/mol. The topological polar surface area (TPSA) is 87.9 Å². The lowest BCUT2D eigenvalue weighted by molar-refractivity contribution is 0.187. The van der Waals surface area contributed by atoms with E-state index in [0.717, 1.165) is 37.9 Å². The second-order valence-electron chi connectivity index (χ2n) is 9.17. The number of nitrogens with two attached hydrogens (primary N) is 1. The summed E-state index contributed by atoms with van der Waals surface area (Å²) >= 11 is 6.34. The monoisotopic (exact) mass is 469 g/mol. The van der Waals surface area contributed by atoms with Crippen LogP contribution in [0.4, 0.5) is 5.82 Å². The third-order valence-corrected chi connectivity index (χ3v) is 7.63. The van der Waals surface area contributed by atoms with Crippen LogP contribution in [0.5, 0.6) is 0 Å². The second kappa shape index (κ2) is 8.33. The van der Waals surface area contributed by atoms with E-state index in [0.29, 0.717) is 27.9 Å². The number of anilines is 1. The number of hydrogen-bond acceptors (Lipinski definition) is 5. The largest absolute Gasteiger partial charge is 0.356 e. The minimum absolute atomic E-state index is 0.00605. The third-order valence-electron chi connectivity index (χ3n) is 7.32. The predicted octanol–water partition coefficient (Wildman–Crippen LogP) is 3.89. The summed E-state index contributed by atoms with van der Waals surface area (Å²) in [5.74, 6) is 3.91. The van der Waals surface area contributed by atoms with Crippen LogP contribution in [0, 0.1) is 36.0 Å². The standard InChI is InChI=1S/C27H24ClN5O/c1-3-18-4-6-20-15-27(26(30)21(20)12-18)8-10-32(11-9-27)24-14-25(34)33(17(2)31-24)23-7-5-19(16-29)13-22(23)28/h1,4-7,12-14,26H,8-11,15,30H2,2H3/t26-/m1/s1. The van der Waals surface area contributed by atoms with Gasteiger partial charge >= 0.3 is 0 Å². The smallest absolute Gasteiger partial charge is 0.260 e. The quantitative estimate of drug-likeness (QED) is 0.575. The number of hydrogen-bond donors (Lipinski definition) is 1. The first-order valence-electron chi connectivity index (χ1n) is 11.3. The molecule has 1 aromatic heterocycles. The number of terminal acetylenes is 1. The van der Waals surface area contributed by atoms with E-state index < -0.39 is 0 Å². The zero-order valence-electron chi connectivity index (χ0n) is 18.9. The Kier molecular flexibility index (Phi) is 5.44. The fraction of sp³-hybridized carbons (Fsp3) is 0.296. The van der Waals surface area contributed by atoms with E-state index >= 15 is 0 Å². The van der Waals surface area contributed by atoms with Crippen LogP contribution in [0.2, 0.25) is 5.02 Å². The molecule has 0 amide bonds. The van der Waals surface area contributed by atoms with Gasteiger partial charge in [-0.05, 0) is 73.1 Å². The van der Waals surface area contributed by atoms with Gasteiger partial charge in [-0.1, -0.05) is 23.6 Å². The molecule has 1 saturated heterocycles. The number of halogens is 1. The summed E-state index contributed by atoms with van der Waals surface area (Å²) in [6.07, 6.45) is 8.37. The first kappa shape index (κ1) is 22.2. The van der Waals surface area contributed by atoms with Gasteiger partial charge in [0, 0.05) is 30.8 Å². The fourth-order valence-electron chi connectivity index (χ4n) is 5.42. The molecule has 0 radical (unpaired) electrons. The Balaban J connectivity index is 1.38. The van der Waals surface area contributed by atoms with Crippen molar-refractivity contribution in [1.82, 2.24) is 9.55 Å². The van der Waals surface area contributed by atoms with Crippen molar-refractivity contribution in [2.75, 3.05) is 18.0 Å². The second-order valence-corrected chi connectivity index (χ2v) is 9.58. The van der Waals surface area contributed by atoms with Gasteiger partial charge in [0.05, 0.1) is 22.3 Å². The van der Waals surface area contributed by atoms with Crippen LogP contribution in [0.1, 0.15) is 47.0 Å². The Labute approximate surface area is 203 Å². The van der Waals surface area contributed by atoms with Crippen LogP contribution in [0.25, 0.3) is 5.69 Å². The van der Waals surface area contributed by atoms with Crippen molar-refractivity contribution in [3.63, 3.8) is 0 Å². The summed E-state index contributed by atoms with van der Waals surface area (Å²) in [5.41, 5.74) is 10.8. The molecule has 34 heavy (non-hydrogen) atoms. The lowest BCUT2D eigenvalue weighted by Gasteiger charge is -2.42. The number of piperidine rings is 1. The minimum Gasteiger partial charge on any atom is -0.356 e. The van der Waals surface area contributed by atoms with Crippen molar-refractivity contribution in [2.45, 2.75) is 32.2 Å². The molecule has 7 heteroatoms. The van der Waals surface area contributed by atoms with E-state index in [2.05, 4.69) is 29.0 Å². The van der Waals surface area contributed by atoms with Gasteiger partial charge in [0.1, 0.15) is 11.6 Å². The third kappa shape index (κ3) is 3.56. The van der Waals surface area contributed by atoms with E-state index in [1.54, 1.807) is 31.2 Å². The van der Waals surface area contributed by atoms with Crippen molar-refractivity contribution < 1.29 is 0 Å². The highest BCUT2D eigenvalue weighted by atomic mass is 35.5. The van der Waals surface area contributed by atoms with Gasteiger partial charge in [0.25, 0.3) is 5.56 Å². The van der Waals surface area contributed by atoms with Crippen LogP contribution in [0.15, 0.2) is 47.3 Å². The number of nitriles is 1. The summed E-state index contributed by atoms with van der Waals surface area (Å²) in [4.78, 5) is 19.9. The molecule has 5 rings (SSSR count). The molecule has 2 heterocycles. The van der Waals surface area contributed by atoms with Gasteiger partial charge < -0.3 is 10.6 Å². The SMILES string of the molecule is C#Cc1ccc2c(c1)[C@@H](N)C1(CCN(c3cc(=O)n(-c4ccc(C#N)cc4Cl)c(C)n3)CC1)C2. The van der Waals surface area contributed by atoms with Crippen molar-refractivity contribution in [3.8, 4) is 24.1 Å². The van der Waals surface area contributed by atoms with E-state index in [-0.39, 0.29) is 17.0 Å². The van der Waals surface area contributed by atoms with E-state index in [1.807, 2.05) is 6.07 Å². The predicted molar refractivity (Wildman–Crippen MR) is 133 cm³/mol. The first-order chi connectivity index (χ1) is 16.3. The van der Waals surface area contributed by atoms with Crippen LogP contribution in [0.3, 0.4) is 0 Å². The van der Waals surface area contributed by atoms with Crippen molar-refractivity contribution in [3.05, 3.63) is 85.9 Å². The summed E-state index contributed by atoms with van der Waals surface area (Å²) in [6.45, 7) is 3.34. The van der Waals surface area contributed by atoms with Crippen molar-refractivity contribution in [2.24, 2.45) is 11.1 Å². The van der Waals surface area contributed by atoms with Crippen LogP contribution in [-0.4, -0.2) is 22.6 Å². The maximum atomic E-state index is 13.1. The summed E-state index contributed by atoms with van der Waals surface area (Å²) in [7, 11) is 0. The van der Waals surface area contributed by atoms with E-state index in [9.17, 15) is 4.79 Å². The molecule has 170 valence electrons. The molecule has 2 N–H and O–H groups in total. The Bertz CT molecular complexity index is 1440. The molecule has 6 nitrogen and oxygen atoms in total. The van der Waals surface area contributed by atoms with Crippen LogP contribution < -0.4 is 16.2 Å². The van der Waals surface area contributed by atoms with Crippen molar-refractivity contribution in [1.29, 1.82) is 5.26 Å². The zero-order chi connectivity index (χ0) is 24.0. The van der Waals surface area contributed by atoms with E-state index in [4.69, 9.17) is 34.0 Å². The number of rotatable bonds is 2. The molecule has 0 unspecified atom stereocenters. The fourth-order valence-corrected chi connectivity index (χ4v) is 5.68. The minimum atomic E-state index is -0.207. The number of aromatic nitrogens is 2. The van der Waals surface area contributed by atoms with Crippen molar-refractivity contribution >= 4 is 17.4 Å². The Hall–Kier alpha value is -3.58. The molecular formula is C27H24ClN5O. The Morgan fingerprint density at radius 2 is 1.91 bits per heavy atom. The average Bonchev–Trinajstić information content (AvgIpc) is 3.10. The Morgan fingerprint density at radius 1 is 1.18 bits per heavy atom. The highest BCUT2D eigenvalue weighted by Gasteiger charge is 2.46. The molecule has 1 atom stereocenters. The zero-order valence-corrected chi connectivity index (χ0v) is 19.6. The molecule has 2 aliphatic rings. The maximum absolute atomic E-state index is 13.1. The number of aryl methyl sites for hydroxylation is 1.